The Balaban J connectivity index is 1.46. The molecule has 2 atom stereocenters. The highest BCUT2D eigenvalue weighted by atomic mass is 19.4. The van der Waals surface area contributed by atoms with Crippen LogP contribution in [0.3, 0.4) is 0 Å². The molecule has 0 fully saturated rings. The molecular formula is C25H23F3N4. The van der Waals surface area contributed by atoms with E-state index in [1.807, 2.05) is 32.0 Å². The molecule has 0 bridgehead atoms. The fraction of sp³-hybridized carbons (Fsp3) is 0.280. The van der Waals surface area contributed by atoms with Gasteiger partial charge >= 0.3 is 6.18 Å². The van der Waals surface area contributed by atoms with Crippen molar-refractivity contribution in [2.75, 3.05) is 0 Å². The molecule has 0 radical (unpaired) electrons. The monoisotopic (exact) mass is 436 g/mol. The highest BCUT2D eigenvalue weighted by Gasteiger charge is 2.30. The van der Waals surface area contributed by atoms with Crippen LogP contribution in [0, 0.1) is 25.2 Å². The van der Waals surface area contributed by atoms with Gasteiger partial charge in [0.1, 0.15) is 0 Å². The van der Waals surface area contributed by atoms with Gasteiger partial charge in [0.05, 0.1) is 28.6 Å². The van der Waals surface area contributed by atoms with Crippen LogP contribution >= 0.6 is 0 Å². The Morgan fingerprint density at radius 1 is 1.12 bits per heavy atom. The van der Waals surface area contributed by atoms with Crippen LogP contribution in [0.2, 0.25) is 0 Å². The summed E-state index contributed by atoms with van der Waals surface area (Å²) < 4.78 is 40.3. The number of nitrogens with one attached hydrogen (secondary N) is 1. The Kier molecular flexibility index (Phi) is 5.90. The number of hydrogen-bond acceptors (Lipinski definition) is 3. The first-order valence-electron chi connectivity index (χ1n) is 10.4. The zero-order chi connectivity index (χ0) is 22.9. The van der Waals surface area contributed by atoms with Crippen LogP contribution in [0.1, 0.15) is 46.0 Å². The van der Waals surface area contributed by atoms with Crippen LogP contribution in [-0.4, -0.2) is 15.8 Å². The van der Waals surface area contributed by atoms with E-state index >= 15 is 0 Å². The number of aromatic nitrogens is 2. The number of hydrogen-bond donors (Lipinski definition) is 1. The van der Waals surface area contributed by atoms with Crippen molar-refractivity contribution in [1.82, 2.24) is 15.1 Å². The van der Waals surface area contributed by atoms with Crippen molar-refractivity contribution in [1.29, 1.82) is 5.26 Å². The minimum atomic E-state index is -4.36. The van der Waals surface area contributed by atoms with E-state index in [2.05, 4.69) is 28.6 Å². The van der Waals surface area contributed by atoms with Gasteiger partial charge < -0.3 is 5.32 Å². The van der Waals surface area contributed by atoms with Gasteiger partial charge in [-0.2, -0.15) is 23.5 Å². The van der Waals surface area contributed by atoms with Crippen LogP contribution in [0.4, 0.5) is 13.2 Å². The lowest BCUT2D eigenvalue weighted by molar-refractivity contribution is -0.137. The minimum Gasteiger partial charge on any atom is -0.306 e. The summed E-state index contributed by atoms with van der Waals surface area (Å²) in [4.78, 5) is 0. The smallest absolute Gasteiger partial charge is 0.306 e. The predicted octanol–water partition coefficient (Wildman–Crippen LogP) is 5.58. The molecule has 4 rings (SSSR count). The Labute approximate surface area is 185 Å². The largest absolute Gasteiger partial charge is 0.416 e. The minimum absolute atomic E-state index is 0.182. The fourth-order valence-electron chi connectivity index (χ4n) is 4.30. The Morgan fingerprint density at radius 2 is 1.88 bits per heavy atom. The summed E-state index contributed by atoms with van der Waals surface area (Å²) in [6, 6.07) is 15.0. The molecule has 164 valence electrons. The highest BCUT2D eigenvalue weighted by molar-refractivity contribution is 5.42. The summed E-state index contributed by atoms with van der Waals surface area (Å²) in [5, 5.41) is 17.2. The molecule has 0 aliphatic heterocycles. The summed E-state index contributed by atoms with van der Waals surface area (Å²) in [6.07, 6.45) is 0.828. The number of nitriles is 1. The average molecular weight is 436 g/mol. The van der Waals surface area contributed by atoms with E-state index in [0.29, 0.717) is 17.8 Å². The molecule has 7 heteroatoms. The van der Waals surface area contributed by atoms with Crippen molar-refractivity contribution < 1.29 is 13.2 Å². The van der Waals surface area contributed by atoms with Gasteiger partial charge in [-0.25, -0.2) is 4.68 Å². The maximum atomic E-state index is 12.9. The Bertz CT molecular complexity index is 1180. The number of alkyl halides is 3. The number of benzene rings is 2. The topological polar surface area (TPSA) is 53.6 Å². The molecule has 1 N–H and O–H groups in total. The van der Waals surface area contributed by atoms with Crippen molar-refractivity contribution in [3.63, 3.8) is 0 Å². The number of nitrogens with zero attached hydrogens (tertiary/aromatic N) is 3. The maximum Gasteiger partial charge on any atom is 0.416 e. The first-order chi connectivity index (χ1) is 15.3. The third-order valence-corrected chi connectivity index (χ3v) is 5.87. The van der Waals surface area contributed by atoms with Gasteiger partial charge in [-0.1, -0.05) is 24.3 Å². The highest BCUT2D eigenvalue weighted by Crippen LogP contribution is 2.35. The van der Waals surface area contributed by atoms with Gasteiger partial charge in [-0.3, -0.25) is 0 Å². The normalized spacial score (nSPS) is 18.1. The van der Waals surface area contributed by atoms with E-state index in [-0.39, 0.29) is 12.0 Å². The lowest BCUT2D eigenvalue weighted by atomic mass is 9.96. The van der Waals surface area contributed by atoms with Gasteiger partial charge in [0.25, 0.3) is 0 Å². The van der Waals surface area contributed by atoms with Crippen molar-refractivity contribution in [2.45, 2.75) is 44.9 Å². The predicted molar refractivity (Wildman–Crippen MR) is 116 cm³/mol. The van der Waals surface area contributed by atoms with Crippen molar-refractivity contribution in [2.24, 2.45) is 0 Å². The quantitative estimate of drug-likeness (QED) is 0.531. The third-order valence-electron chi connectivity index (χ3n) is 5.87. The molecule has 1 aromatic heterocycles. The van der Waals surface area contributed by atoms with Crippen LogP contribution in [0.5, 0.6) is 0 Å². The van der Waals surface area contributed by atoms with Gasteiger partial charge in [-0.15, -0.1) is 0 Å². The summed E-state index contributed by atoms with van der Waals surface area (Å²) in [6.45, 7) is 4.56. The van der Waals surface area contributed by atoms with Gasteiger partial charge in [0.2, 0.25) is 0 Å². The van der Waals surface area contributed by atoms with E-state index in [1.165, 1.54) is 12.1 Å². The lowest BCUT2D eigenvalue weighted by Crippen LogP contribution is -2.25. The second-order valence-electron chi connectivity index (χ2n) is 8.07. The molecule has 0 saturated carbocycles. The standard InChI is InChI=1S/C25H23F3N4/c1-16-24(17(2)32(31-16)23-10-7-21(8-11-23)25(26,27)28)20-6-9-22(13-20)30-15-19-5-3-4-18(12-19)14-29/h3-12,20,22,30H,13,15H2,1-2H3/t20-,22+/m0/s1. The van der Waals surface area contributed by atoms with Gasteiger partial charge in [0.15, 0.2) is 0 Å². The third kappa shape index (κ3) is 4.46. The summed E-state index contributed by atoms with van der Waals surface area (Å²) in [7, 11) is 0. The average Bonchev–Trinajstić information content (AvgIpc) is 3.35. The first-order valence-corrected chi connectivity index (χ1v) is 10.4. The van der Waals surface area contributed by atoms with Crippen molar-refractivity contribution in [3.8, 4) is 11.8 Å². The van der Waals surface area contributed by atoms with Crippen LogP contribution in [0.25, 0.3) is 5.69 Å². The molecule has 1 heterocycles. The zero-order valence-electron chi connectivity index (χ0n) is 17.8. The maximum absolute atomic E-state index is 12.9. The summed E-state index contributed by atoms with van der Waals surface area (Å²) in [5.74, 6) is 0.182. The number of halogens is 3. The van der Waals surface area contributed by atoms with E-state index in [0.717, 1.165) is 41.1 Å². The van der Waals surface area contributed by atoms with E-state index in [4.69, 9.17) is 5.26 Å². The SMILES string of the molecule is Cc1nn(-c2ccc(C(F)(F)F)cc2)c(C)c1[C@H]1C=C[C@@H](NCc2cccc(C#N)c2)C1. The van der Waals surface area contributed by atoms with E-state index in [9.17, 15) is 13.2 Å². The second-order valence-corrected chi connectivity index (χ2v) is 8.07. The first kappa shape index (κ1) is 21.8. The van der Waals surface area contributed by atoms with Crippen LogP contribution in [0.15, 0.2) is 60.7 Å². The molecule has 4 nitrogen and oxygen atoms in total. The lowest BCUT2D eigenvalue weighted by Gasteiger charge is -2.15. The Hall–Kier alpha value is -3.37. The fourth-order valence-corrected chi connectivity index (χ4v) is 4.30. The van der Waals surface area contributed by atoms with E-state index < -0.39 is 11.7 Å². The van der Waals surface area contributed by atoms with Crippen LogP contribution < -0.4 is 5.32 Å². The van der Waals surface area contributed by atoms with E-state index in [1.54, 1.807) is 10.7 Å². The van der Waals surface area contributed by atoms with Crippen molar-refractivity contribution in [3.05, 3.63) is 94.3 Å². The second kappa shape index (κ2) is 8.64. The molecule has 0 amide bonds. The summed E-state index contributed by atoms with van der Waals surface area (Å²) in [5.41, 5.74) is 4.56. The molecule has 0 saturated heterocycles. The molecule has 1 aliphatic carbocycles. The molecule has 2 aromatic carbocycles. The number of aryl methyl sites for hydroxylation is 1. The van der Waals surface area contributed by atoms with Crippen LogP contribution in [-0.2, 0) is 12.7 Å². The number of allylic oxidation sites excluding steroid dienone is 1. The van der Waals surface area contributed by atoms with Gasteiger partial charge in [0, 0.05) is 29.8 Å². The summed E-state index contributed by atoms with van der Waals surface area (Å²) >= 11 is 0. The molecule has 0 unspecified atom stereocenters. The molecule has 0 spiro atoms. The Morgan fingerprint density at radius 3 is 2.56 bits per heavy atom. The van der Waals surface area contributed by atoms with Crippen molar-refractivity contribution >= 4 is 0 Å². The molecule has 3 aromatic rings. The number of rotatable bonds is 5. The molecule has 32 heavy (non-hydrogen) atoms. The molecule has 1 aliphatic rings. The molecular weight excluding hydrogens is 413 g/mol. The zero-order valence-corrected chi connectivity index (χ0v) is 17.8. The van der Waals surface area contributed by atoms with Gasteiger partial charge in [-0.05, 0) is 62.2 Å².